The van der Waals surface area contributed by atoms with E-state index in [1.54, 1.807) is 4.57 Å². The molecular weight excluding hydrogens is 326 g/mol. The Hall–Kier alpha value is -3.36. The topological polar surface area (TPSA) is 122 Å². The minimum atomic E-state index is -1.05. The molecule has 0 unspecified atom stereocenters. The molecule has 0 spiro atoms. The number of aromatic nitrogens is 4. The van der Waals surface area contributed by atoms with Crippen LogP contribution in [0.15, 0.2) is 39.9 Å². The van der Waals surface area contributed by atoms with E-state index in [-0.39, 0.29) is 17.1 Å². The van der Waals surface area contributed by atoms with Crippen LogP contribution in [-0.2, 0) is 18.4 Å². The third-order valence-corrected chi connectivity index (χ3v) is 3.91. The Labute approximate surface area is 141 Å². The van der Waals surface area contributed by atoms with Gasteiger partial charge in [-0.3, -0.25) is 23.7 Å². The van der Waals surface area contributed by atoms with Crippen LogP contribution in [0.5, 0.6) is 0 Å². The number of aromatic amines is 1. The fraction of sp³-hybridized carbons (Fsp3) is 0.250. The van der Waals surface area contributed by atoms with E-state index in [0.29, 0.717) is 6.54 Å². The van der Waals surface area contributed by atoms with Gasteiger partial charge in [-0.05, 0) is 12.5 Å². The van der Waals surface area contributed by atoms with Crippen molar-refractivity contribution in [1.82, 2.24) is 19.1 Å². The summed E-state index contributed by atoms with van der Waals surface area (Å²) in [5, 5.41) is 11.9. The van der Waals surface area contributed by atoms with E-state index in [2.05, 4.69) is 15.3 Å². The van der Waals surface area contributed by atoms with Gasteiger partial charge in [0.1, 0.15) is 6.04 Å². The predicted molar refractivity (Wildman–Crippen MR) is 91.9 cm³/mol. The largest absolute Gasteiger partial charge is 0.480 e. The van der Waals surface area contributed by atoms with Crippen LogP contribution in [-0.4, -0.2) is 36.2 Å². The zero-order valence-electron chi connectivity index (χ0n) is 13.7. The summed E-state index contributed by atoms with van der Waals surface area (Å²) >= 11 is 0. The number of hydrogen-bond donors (Lipinski definition) is 3. The fourth-order valence-electron chi connectivity index (χ4n) is 2.52. The molecule has 0 bridgehead atoms. The number of aryl methyl sites for hydroxylation is 1. The van der Waals surface area contributed by atoms with Crippen LogP contribution in [0.2, 0.25) is 0 Å². The highest BCUT2D eigenvalue weighted by Gasteiger charge is 2.20. The maximum Gasteiger partial charge on any atom is 0.329 e. The Kier molecular flexibility index (Phi) is 4.14. The van der Waals surface area contributed by atoms with Crippen LogP contribution in [0.1, 0.15) is 12.5 Å². The van der Waals surface area contributed by atoms with Crippen molar-refractivity contribution in [3.8, 4) is 0 Å². The van der Waals surface area contributed by atoms with Crippen molar-refractivity contribution in [1.29, 1.82) is 0 Å². The number of carboxylic acids is 1. The number of imidazole rings is 1. The van der Waals surface area contributed by atoms with Crippen LogP contribution >= 0.6 is 0 Å². The van der Waals surface area contributed by atoms with Crippen LogP contribution < -0.4 is 16.6 Å². The Balaban J connectivity index is 2.22. The van der Waals surface area contributed by atoms with Gasteiger partial charge in [-0.2, -0.15) is 4.98 Å². The molecule has 3 rings (SSSR count). The van der Waals surface area contributed by atoms with Gasteiger partial charge in [0.2, 0.25) is 5.95 Å². The number of carbonyl (C=O) groups is 1. The number of hydrogen-bond acceptors (Lipinski definition) is 5. The van der Waals surface area contributed by atoms with E-state index in [9.17, 15) is 14.4 Å². The van der Waals surface area contributed by atoms with Gasteiger partial charge in [0.15, 0.2) is 11.2 Å². The quantitative estimate of drug-likeness (QED) is 0.615. The molecule has 3 aromatic rings. The minimum absolute atomic E-state index is 0.185. The van der Waals surface area contributed by atoms with Crippen molar-refractivity contribution in [2.75, 3.05) is 5.32 Å². The minimum Gasteiger partial charge on any atom is -0.480 e. The normalized spacial score (nSPS) is 12.2. The molecule has 9 nitrogen and oxygen atoms in total. The molecule has 2 aromatic heterocycles. The summed E-state index contributed by atoms with van der Waals surface area (Å²) in [6.45, 7) is 1.77. The summed E-state index contributed by atoms with van der Waals surface area (Å²) in [7, 11) is 1.49. The average Bonchev–Trinajstić information content (AvgIpc) is 2.92. The lowest BCUT2D eigenvalue weighted by Crippen LogP contribution is -2.29. The molecule has 0 saturated heterocycles. The van der Waals surface area contributed by atoms with Gasteiger partial charge in [-0.1, -0.05) is 30.3 Å². The molecule has 9 heteroatoms. The number of H-pyrrole nitrogens is 1. The maximum absolute atomic E-state index is 12.3. The Bertz CT molecular complexity index is 1050. The first-order valence-corrected chi connectivity index (χ1v) is 7.61. The second kappa shape index (κ2) is 6.27. The first-order valence-electron chi connectivity index (χ1n) is 7.61. The molecule has 2 heterocycles. The lowest BCUT2D eigenvalue weighted by atomic mass is 10.2. The van der Waals surface area contributed by atoms with Gasteiger partial charge >= 0.3 is 11.7 Å². The molecule has 3 N–H and O–H groups in total. The zero-order valence-corrected chi connectivity index (χ0v) is 13.7. The third kappa shape index (κ3) is 3.03. The maximum atomic E-state index is 12.3. The van der Waals surface area contributed by atoms with Crippen molar-refractivity contribution in [3.05, 3.63) is 56.7 Å². The summed E-state index contributed by atoms with van der Waals surface area (Å²) < 4.78 is 2.79. The highest BCUT2D eigenvalue weighted by molar-refractivity contribution is 5.78. The van der Waals surface area contributed by atoms with Crippen LogP contribution in [0.4, 0.5) is 5.95 Å². The van der Waals surface area contributed by atoms with E-state index < -0.39 is 23.3 Å². The molecule has 0 fully saturated rings. The highest BCUT2D eigenvalue weighted by Crippen LogP contribution is 2.18. The number of anilines is 1. The SMILES string of the molecule is C[C@@H](Nc1nc2c(c(=O)[nH]c(=O)n2C)n1Cc1ccccc1)C(=O)O. The first-order chi connectivity index (χ1) is 11.9. The van der Waals surface area contributed by atoms with Gasteiger partial charge in [-0.25, -0.2) is 4.79 Å². The average molecular weight is 343 g/mol. The number of carboxylic acid groups (broad SMARTS) is 1. The second-order valence-electron chi connectivity index (χ2n) is 5.70. The number of aliphatic carboxylic acids is 1. The van der Waals surface area contributed by atoms with Crippen molar-refractivity contribution in [2.45, 2.75) is 19.5 Å². The van der Waals surface area contributed by atoms with Crippen LogP contribution in [0, 0.1) is 0 Å². The van der Waals surface area contributed by atoms with Crippen molar-refractivity contribution >= 4 is 23.1 Å². The van der Waals surface area contributed by atoms with Gasteiger partial charge in [0, 0.05) is 7.05 Å². The van der Waals surface area contributed by atoms with Crippen molar-refractivity contribution in [2.24, 2.45) is 7.05 Å². The first kappa shape index (κ1) is 16.5. The number of benzene rings is 1. The number of nitrogens with one attached hydrogen (secondary N) is 2. The van der Waals surface area contributed by atoms with Crippen molar-refractivity contribution in [3.63, 3.8) is 0 Å². The van der Waals surface area contributed by atoms with Crippen LogP contribution in [0.25, 0.3) is 11.2 Å². The van der Waals surface area contributed by atoms with E-state index in [4.69, 9.17) is 5.11 Å². The fourth-order valence-corrected chi connectivity index (χ4v) is 2.52. The van der Waals surface area contributed by atoms with Gasteiger partial charge in [-0.15, -0.1) is 0 Å². The van der Waals surface area contributed by atoms with E-state index in [1.165, 1.54) is 18.5 Å². The second-order valence-corrected chi connectivity index (χ2v) is 5.70. The summed E-state index contributed by atoms with van der Waals surface area (Å²) in [6, 6.07) is 8.45. The van der Waals surface area contributed by atoms with E-state index >= 15 is 0 Å². The Morgan fingerprint density at radius 3 is 2.64 bits per heavy atom. The van der Waals surface area contributed by atoms with Gasteiger partial charge in [0.25, 0.3) is 5.56 Å². The monoisotopic (exact) mass is 343 g/mol. The summed E-state index contributed by atoms with van der Waals surface area (Å²) in [4.78, 5) is 41.8. The molecule has 0 aliphatic heterocycles. The lowest BCUT2D eigenvalue weighted by molar-refractivity contribution is -0.137. The summed E-state index contributed by atoms with van der Waals surface area (Å²) in [5.74, 6) is -0.846. The molecule has 0 amide bonds. The molecule has 0 aliphatic rings. The smallest absolute Gasteiger partial charge is 0.329 e. The molecule has 0 aliphatic carbocycles. The van der Waals surface area contributed by atoms with Gasteiger partial charge in [0.05, 0.1) is 6.54 Å². The zero-order chi connectivity index (χ0) is 18.1. The Morgan fingerprint density at radius 2 is 2.00 bits per heavy atom. The third-order valence-electron chi connectivity index (χ3n) is 3.91. The molecular formula is C16H17N5O4. The van der Waals surface area contributed by atoms with E-state index in [1.807, 2.05) is 30.3 Å². The van der Waals surface area contributed by atoms with Crippen molar-refractivity contribution < 1.29 is 9.90 Å². The molecule has 130 valence electrons. The Morgan fingerprint density at radius 1 is 1.32 bits per heavy atom. The predicted octanol–water partition coefficient (Wildman–Crippen LogP) is 0.357. The molecule has 0 radical (unpaired) electrons. The van der Waals surface area contributed by atoms with Gasteiger partial charge < -0.3 is 10.4 Å². The number of fused-ring (bicyclic) bond motifs is 1. The lowest BCUT2D eigenvalue weighted by Gasteiger charge is -2.13. The number of nitrogens with zero attached hydrogens (tertiary/aromatic N) is 3. The molecule has 25 heavy (non-hydrogen) atoms. The summed E-state index contributed by atoms with van der Waals surface area (Å²) in [5.41, 5.74) is 0.133. The molecule has 1 aromatic carbocycles. The van der Waals surface area contributed by atoms with E-state index in [0.717, 1.165) is 5.56 Å². The number of rotatable bonds is 5. The summed E-state index contributed by atoms with van der Waals surface area (Å²) in [6.07, 6.45) is 0. The standard InChI is InChI=1S/C16H17N5O4/c1-9(14(23)24)17-15-18-12-11(13(22)19-16(25)20(12)2)21(15)8-10-6-4-3-5-7-10/h3-7,9H,8H2,1-2H3,(H,17,18)(H,23,24)(H,19,22,25)/t9-/m1/s1. The molecule has 0 saturated carbocycles. The molecule has 1 atom stereocenters. The highest BCUT2D eigenvalue weighted by atomic mass is 16.4. The van der Waals surface area contributed by atoms with Crippen LogP contribution in [0.3, 0.4) is 0 Å².